The molecule has 14 nitrogen and oxygen atoms in total. The molecule has 0 saturated heterocycles. The molecule has 0 spiro atoms. The number of nitrogens with zero attached hydrogens (tertiary/aromatic N) is 5. The minimum atomic E-state index is -1.27. The molecule has 0 aliphatic rings. The fraction of sp³-hybridized carbons (Fsp3) is 0.667. The molecule has 0 radical (unpaired) electrons. The number of carbonyl (C=O) groups excluding carboxylic acids is 2. The second-order valence-electron chi connectivity index (χ2n) is 15.7. The lowest BCUT2D eigenvalue weighted by molar-refractivity contribution is -0.148. The van der Waals surface area contributed by atoms with Gasteiger partial charge in [-0.1, -0.05) is 117 Å². The summed E-state index contributed by atoms with van der Waals surface area (Å²) in [5.74, 6) is -0.357. The molecule has 3 aromatic rings. The van der Waals surface area contributed by atoms with Crippen LogP contribution in [0.4, 0.5) is 17.5 Å². The summed E-state index contributed by atoms with van der Waals surface area (Å²) >= 11 is 1.84. The van der Waals surface area contributed by atoms with Gasteiger partial charge in [-0.2, -0.15) is 21.7 Å². The molecule has 2 unspecified atom stereocenters. The fourth-order valence-electron chi connectivity index (χ4n) is 6.82. The van der Waals surface area contributed by atoms with Crippen LogP contribution < -0.4 is 21.7 Å². The molecule has 15 heteroatoms. The Labute approximate surface area is 362 Å². The number of fused-ring (bicyclic) bond motifs is 1. The molecule has 0 saturated carbocycles. The van der Waals surface area contributed by atoms with Crippen LogP contribution in [0.2, 0.25) is 0 Å². The maximum Gasteiger partial charge on any atom is 0.326 e. The highest BCUT2D eigenvalue weighted by atomic mass is 32.2. The Morgan fingerprint density at radius 2 is 1.42 bits per heavy atom. The Morgan fingerprint density at radius 1 is 0.817 bits per heavy atom. The molecule has 0 bridgehead atoms. The Balaban J connectivity index is 1.42. The van der Waals surface area contributed by atoms with Gasteiger partial charge in [-0.3, -0.25) is 9.59 Å². The van der Waals surface area contributed by atoms with E-state index in [9.17, 15) is 19.5 Å². The van der Waals surface area contributed by atoms with Crippen LogP contribution in [0.15, 0.2) is 30.5 Å². The number of carbonyl (C=O) groups is 3. The third-order valence-electron chi connectivity index (χ3n) is 10.4. The van der Waals surface area contributed by atoms with Crippen molar-refractivity contribution in [2.75, 3.05) is 48.1 Å². The van der Waals surface area contributed by atoms with Gasteiger partial charge in [0.2, 0.25) is 5.95 Å². The smallest absolute Gasteiger partial charge is 0.326 e. The number of aromatic nitrogens is 4. The third-order valence-corrected chi connectivity index (χ3v) is 11.6. The lowest BCUT2D eigenvalue weighted by atomic mass is 10.1. The van der Waals surface area contributed by atoms with E-state index >= 15 is 0 Å². The lowest BCUT2D eigenvalue weighted by Gasteiger charge is -2.20. The van der Waals surface area contributed by atoms with Crippen molar-refractivity contribution in [1.29, 1.82) is 0 Å². The number of amides is 1. The number of carboxylic acid groups (broad SMARTS) is 1. The van der Waals surface area contributed by atoms with Crippen molar-refractivity contribution in [3.8, 4) is 0 Å². The molecule has 60 heavy (non-hydrogen) atoms. The van der Waals surface area contributed by atoms with Gasteiger partial charge in [-0.25, -0.2) is 14.8 Å². The SMILES string of the molecule is CCCCCCCCCCCCSCC(COC(=O)CCC(NC(=O)c1ccc(N(C)Cc2cnc3nc(N)nc(N)c3n2)cc1)C(=O)O)OCCCCCCCCCC. The van der Waals surface area contributed by atoms with Crippen molar-refractivity contribution >= 4 is 58.2 Å². The Kier molecular flexibility index (Phi) is 25.0. The van der Waals surface area contributed by atoms with Crippen molar-refractivity contribution in [2.24, 2.45) is 0 Å². The van der Waals surface area contributed by atoms with Gasteiger partial charge in [0.15, 0.2) is 17.0 Å². The average molecular weight is 853 g/mol. The number of unbranched alkanes of at least 4 members (excludes halogenated alkanes) is 16. The van der Waals surface area contributed by atoms with E-state index in [-0.39, 0.29) is 42.9 Å². The van der Waals surface area contributed by atoms with E-state index in [0.717, 1.165) is 30.0 Å². The number of hydrogen-bond acceptors (Lipinski definition) is 13. The highest BCUT2D eigenvalue weighted by molar-refractivity contribution is 7.99. The number of nitrogen functional groups attached to an aromatic ring is 2. The number of anilines is 3. The monoisotopic (exact) mass is 853 g/mol. The fourth-order valence-corrected chi connectivity index (χ4v) is 7.85. The van der Waals surface area contributed by atoms with Crippen molar-refractivity contribution in [3.63, 3.8) is 0 Å². The molecule has 3 rings (SSSR count). The third kappa shape index (κ3) is 20.3. The summed E-state index contributed by atoms with van der Waals surface area (Å²) in [6.45, 7) is 5.61. The van der Waals surface area contributed by atoms with Gasteiger partial charge in [0.05, 0.1) is 18.4 Å². The summed E-state index contributed by atoms with van der Waals surface area (Å²) in [5, 5.41) is 12.4. The molecular weight excluding hydrogens is 781 g/mol. The molecule has 6 N–H and O–H groups in total. The molecule has 1 amide bonds. The number of nitrogens with two attached hydrogens (primary N) is 2. The van der Waals surface area contributed by atoms with Crippen molar-refractivity contribution in [3.05, 3.63) is 41.7 Å². The van der Waals surface area contributed by atoms with E-state index in [0.29, 0.717) is 30.0 Å². The van der Waals surface area contributed by atoms with Crippen LogP contribution in [-0.2, 0) is 25.6 Å². The zero-order valence-electron chi connectivity index (χ0n) is 36.5. The summed E-state index contributed by atoms with van der Waals surface area (Å²) in [7, 11) is 1.85. The zero-order chi connectivity index (χ0) is 43.4. The largest absolute Gasteiger partial charge is 0.480 e. The first kappa shape index (κ1) is 50.1. The van der Waals surface area contributed by atoms with Crippen molar-refractivity contribution in [2.45, 2.75) is 161 Å². The molecule has 334 valence electrons. The Morgan fingerprint density at radius 3 is 2.03 bits per heavy atom. The van der Waals surface area contributed by atoms with E-state index < -0.39 is 23.9 Å². The topological polar surface area (TPSA) is 209 Å². The first-order valence-electron chi connectivity index (χ1n) is 22.4. The predicted molar refractivity (Wildman–Crippen MR) is 243 cm³/mol. The second kappa shape index (κ2) is 29.9. The summed E-state index contributed by atoms with van der Waals surface area (Å²) in [6, 6.07) is 5.44. The van der Waals surface area contributed by atoms with E-state index in [1.165, 1.54) is 103 Å². The first-order chi connectivity index (χ1) is 29.1. The number of esters is 1. The second-order valence-corrected chi connectivity index (χ2v) is 16.9. The average Bonchev–Trinajstić information content (AvgIpc) is 3.23. The maximum atomic E-state index is 13.1. The zero-order valence-corrected chi connectivity index (χ0v) is 37.3. The quantitative estimate of drug-likeness (QED) is 0.0327. The van der Waals surface area contributed by atoms with Gasteiger partial charge in [0.1, 0.15) is 18.8 Å². The number of thioether (sulfide) groups is 1. The van der Waals surface area contributed by atoms with Crippen LogP contribution in [-0.4, -0.2) is 86.8 Å². The van der Waals surface area contributed by atoms with Crippen LogP contribution in [0.5, 0.6) is 0 Å². The van der Waals surface area contributed by atoms with Crippen LogP contribution in [0, 0.1) is 0 Å². The summed E-state index contributed by atoms with van der Waals surface area (Å²) in [4.78, 5) is 56.7. The highest BCUT2D eigenvalue weighted by Crippen LogP contribution is 2.20. The van der Waals surface area contributed by atoms with Crippen LogP contribution in [0.3, 0.4) is 0 Å². The Bertz CT molecular complexity index is 1680. The molecule has 2 atom stereocenters. The standard InChI is InChI=1S/C45H72N8O6S/c1-4-6-8-10-12-14-15-17-19-21-29-60-33-37(58-28-20-18-16-13-11-9-7-5-2)32-59-39(54)27-26-38(44(56)57)50-43(55)34-22-24-36(25-23-34)53(3)31-35-30-48-42-40(49-35)41(46)51-45(47)52-42/h22-25,30,37-38H,4-21,26-29,31-33H2,1-3H3,(H,50,55)(H,56,57)(H4,46,47,48,51,52). The van der Waals surface area contributed by atoms with Gasteiger partial charge in [-0.05, 0) is 49.3 Å². The lowest BCUT2D eigenvalue weighted by Crippen LogP contribution is -2.41. The van der Waals surface area contributed by atoms with Gasteiger partial charge < -0.3 is 36.3 Å². The van der Waals surface area contributed by atoms with Crippen LogP contribution in [0.25, 0.3) is 11.2 Å². The van der Waals surface area contributed by atoms with Gasteiger partial charge in [0, 0.05) is 37.1 Å². The number of carboxylic acids is 1. The van der Waals surface area contributed by atoms with Gasteiger partial charge >= 0.3 is 11.9 Å². The van der Waals surface area contributed by atoms with Crippen LogP contribution in [0.1, 0.15) is 158 Å². The molecule has 0 aliphatic heterocycles. The Hall–Kier alpha value is -4.24. The molecule has 2 aromatic heterocycles. The minimum Gasteiger partial charge on any atom is -0.480 e. The normalized spacial score (nSPS) is 12.3. The van der Waals surface area contributed by atoms with Crippen molar-refractivity contribution < 1.29 is 29.0 Å². The predicted octanol–water partition coefficient (Wildman–Crippen LogP) is 8.91. The van der Waals surface area contributed by atoms with E-state index in [2.05, 4.69) is 39.1 Å². The highest BCUT2D eigenvalue weighted by Gasteiger charge is 2.23. The van der Waals surface area contributed by atoms with Gasteiger partial charge in [-0.15, -0.1) is 0 Å². The summed E-state index contributed by atoms with van der Waals surface area (Å²) in [6.07, 6.45) is 23.8. The van der Waals surface area contributed by atoms with Gasteiger partial charge in [0.25, 0.3) is 5.91 Å². The number of aliphatic carboxylic acids is 1. The summed E-state index contributed by atoms with van der Waals surface area (Å²) < 4.78 is 11.8. The molecule has 0 aliphatic carbocycles. The first-order valence-corrected chi connectivity index (χ1v) is 23.5. The summed E-state index contributed by atoms with van der Waals surface area (Å²) in [5.41, 5.74) is 14.0. The van der Waals surface area contributed by atoms with E-state index in [1.807, 2.05) is 23.7 Å². The number of nitrogens with one attached hydrogen (secondary N) is 1. The van der Waals surface area contributed by atoms with Crippen molar-refractivity contribution in [1.82, 2.24) is 25.3 Å². The molecule has 2 heterocycles. The van der Waals surface area contributed by atoms with E-state index in [1.54, 1.807) is 30.5 Å². The van der Waals surface area contributed by atoms with E-state index in [4.69, 9.17) is 20.9 Å². The molecular formula is C45H72N8O6S. The van der Waals surface area contributed by atoms with Crippen LogP contribution >= 0.6 is 11.8 Å². The number of hydrogen-bond donors (Lipinski definition) is 4. The number of rotatable bonds is 34. The number of benzene rings is 1. The molecule has 0 fully saturated rings. The molecule has 1 aromatic carbocycles. The minimum absolute atomic E-state index is 0.0219. The maximum absolute atomic E-state index is 13.1. The number of ether oxygens (including phenoxy) is 2.